The van der Waals surface area contributed by atoms with Gasteiger partial charge in [-0.05, 0) is 74.1 Å². The van der Waals surface area contributed by atoms with Gasteiger partial charge in [0, 0.05) is 11.4 Å². The Morgan fingerprint density at radius 2 is 2.09 bits per heavy atom. The maximum atomic E-state index is 13.7. The summed E-state index contributed by atoms with van der Waals surface area (Å²) in [4.78, 5) is 8.91. The lowest BCUT2D eigenvalue weighted by Gasteiger charge is -2.15. The minimum Gasteiger partial charge on any atom is -0.368 e. The average molecular weight is 313 g/mol. The highest BCUT2D eigenvalue weighted by Gasteiger charge is 2.25. The second-order valence-electron chi connectivity index (χ2n) is 6.48. The Morgan fingerprint density at radius 3 is 2.87 bits per heavy atom. The molecule has 2 N–H and O–H groups in total. The molecule has 23 heavy (non-hydrogen) atoms. The number of hydrogen-bond donors (Lipinski definition) is 1. The molecule has 3 nitrogen and oxygen atoms in total. The van der Waals surface area contributed by atoms with E-state index in [1.807, 2.05) is 13.0 Å². The Balaban J connectivity index is 1.80. The zero-order chi connectivity index (χ0) is 16.4. The van der Waals surface area contributed by atoms with Gasteiger partial charge in [0.25, 0.3) is 0 Å². The molecular formula is C19H24FN3. The van der Waals surface area contributed by atoms with Crippen LogP contribution < -0.4 is 5.73 Å². The SMILES string of the molecule is CCC1=NC(N)=NC(CC2CCc3cc(F)c(C)cc32)=CCC1. The molecule has 1 aromatic carbocycles. The van der Waals surface area contributed by atoms with Crippen molar-refractivity contribution in [3.8, 4) is 0 Å². The van der Waals surface area contributed by atoms with Crippen LogP contribution in [0.5, 0.6) is 0 Å². The van der Waals surface area contributed by atoms with Crippen LogP contribution in [-0.4, -0.2) is 11.7 Å². The largest absolute Gasteiger partial charge is 0.368 e. The molecule has 0 amide bonds. The van der Waals surface area contributed by atoms with Crippen LogP contribution >= 0.6 is 0 Å². The first kappa shape index (κ1) is 15.9. The second-order valence-corrected chi connectivity index (χ2v) is 6.48. The summed E-state index contributed by atoms with van der Waals surface area (Å²) in [6, 6.07) is 3.71. The van der Waals surface area contributed by atoms with E-state index in [2.05, 4.69) is 23.0 Å². The molecule has 1 aliphatic carbocycles. The number of halogens is 1. The maximum Gasteiger partial charge on any atom is 0.220 e. The summed E-state index contributed by atoms with van der Waals surface area (Å²) in [5, 5.41) is 0. The third-order valence-electron chi connectivity index (χ3n) is 4.83. The van der Waals surface area contributed by atoms with Crippen LogP contribution in [-0.2, 0) is 6.42 Å². The van der Waals surface area contributed by atoms with E-state index in [1.54, 1.807) is 6.07 Å². The van der Waals surface area contributed by atoms with Crippen molar-refractivity contribution >= 4 is 11.7 Å². The molecule has 0 bridgehead atoms. The van der Waals surface area contributed by atoms with Crippen molar-refractivity contribution in [1.82, 2.24) is 0 Å². The van der Waals surface area contributed by atoms with Crippen molar-refractivity contribution in [2.45, 2.75) is 58.3 Å². The van der Waals surface area contributed by atoms with Crippen molar-refractivity contribution in [3.63, 3.8) is 0 Å². The maximum absolute atomic E-state index is 13.7. The number of aliphatic imine (C=N–C) groups is 2. The molecule has 1 aliphatic heterocycles. The second kappa shape index (κ2) is 6.65. The topological polar surface area (TPSA) is 50.7 Å². The third-order valence-corrected chi connectivity index (χ3v) is 4.83. The van der Waals surface area contributed by atoms with E-state index in [0.29, 0.717) is 11.9 Å². The fraction of sp³-hybridized carbons (Fsp3) is 0.474. The van der Waals surface area contributed by atoms with Gasteiger partial charge in [-0.25, -0.2) is 14.4 Å². The first-order chi connectivity index (χ1) is 11.1. The summed E-state index contributed by atoms with van der Waals surface area (Å²) in [6.45, 7) is 3.92. The zero-order valence-corrected chi connectivity index (χ0v) is 13.9. The molecule has 4 heteroatoms. The lowest BCUT2D eigenvalue weighted by molar-refractivity contribution is 0.616. The van der Waals surface area contributed by atoms with E-state index in [0.717, 1.165) is 61.1 Å². The summed E-state index contributed by atoms with van der Waals surface area (Å²) in [7, 11) is 0. The normalized spacial score (nSPS) is 21.0. The summed E-state index contributed by atoms with van der Waals surface area (Å²) in [5.74, 6) is 0.667. The van der Waals surface area contributed by atoms with Gasteiger partial charge in [-0.3, -0.25) is 0 Å². The van der Waals surface area contributed by atoms with Crippen LogP contribution in [0.4, 0.5) is 4.39 Å². The van der Waals surface area contributed by atoms with E-state index >= 15 is 0 Å². The van der Waals surface area contributed by atoms with Gasteiger partial charge in [-0.15, -0.1) is 0 Å². The molecular weight excluding hydrogens is 289 g/mol. The van der Waals surface area contributed by atoms with Gasteiger partial charge in [0.05, 0.1) is 0 Å². The molecule has 0 spiro atoms. The smallest absolute Gasteiger partial charge is 0.220 e. The fourth-order valence-corrected chi connectivity index (χ4v) is 3.52. The van der Waals surface area contributed by atoms with Crippen LogP contribution in [0.2, 0.25) is 0 Å². The van der Waals surface area contributed by atoms with Crippen LogP contribution in [0.3, 0.4) is 0 Å². The first-order valence-electron chi connectivity index (χ1n) is 8.45. The summed E-state index contributed by atoms with van der Waals surface area (Å²) in [5.41, 5.74) is 11.2. The molecule has 0 saturated carbocycles. The minimum absolute atomic E-state index is 0.0988. The van der Waals surface area contributed by atoms with Crippen molar-refractivity contribution in [1.29, 1.82) is 0 Å². The van der Waals surface area contributed by atoms with E-state index in [4.69, 9.17) is 5.73 Å². The number of benzene rings is 1. The van der Waals surface area contributed by atoms with Gasteiger partial charge < -0.3 is 5.73 Å². The molecule has 0 radical (unpaired) electrons. The van der Waals surface area contributed by atoms with Crippen LogP contribution in [0.25, 0.3) is 0 Å². The lowest BCUT2D eigenvalue weighted by Crippen LogP contribution is -2.14. The third kappa shape index (κ3) is 3.52. The summed E-state index contributed by atoms with van der Waals surface area (Å²) < 4.78 is 13.7. The molecule has 0 fully saturated rings. The standard InChI is InChI=1S/C19H24FN3/c1-3-15-5-4-6-16(23-19(21)22-15)10-13-7-8-14-11-18(20)12(2)9-17(13)14/h6,9,11,13H,3-5,7-8,10H2,1-2H3,(H2,21,23). The highest BCUT2D eigenvalue weighted by molar-refractivity contribution is 5.97. The van der Waals surface area contributed by atoms with E-state index in [9.17, 15) is 4.39 Å². The Morgan fingerprint density at radius 1 is 1.26 bits per heavy atom. The number of nitrogens with two attached hydrogens (primary N) is 1. The van der Waals surface area contributed by atoms with E-state index in [1.165, 1.54) is 5.56 Å². The van der Waals surface area contributed by atoms with Gasteiger partial charge in [0.2, 0.25) is 5.96 Å². The number of fused-ring (bicyclic) bond motifs is 1. The first-order valence-corrected chi connectivity index (χ1v) is 8.45. The van der Waals surface area contributed by atoms with Gasteiger partial charge >= 0.3 is 0 Å². The Bertz CT molecular complexity index is 701. The van der Waals surface area contributed by atoms with Gasteiger partial charge in [-0.2, -0.15) is 0 Å². The molecule has 3 rings (SSSR count). The van der Waals surface area contributed by atoms with Crippen molar-refractivity contribution in [3.05, 3.63) is 46.4 Å². The fourth-order valence-electron chi connectivity index (χ4n) is 3.52. The van der Waals surface area contributed by atoms with Crippen LogP contribution in [0, 0.1) is 12.7 Å². The number of hydrogen-bond acceptors (Lipinski definition) is 3. The van der Waals surface area contributed by atoms with Crippen LogP contribution in [0.1, 0.15) is 61.6 Å². The number of guanidine groups is 1. The molecule has 1 atom stereocenters. The monoisotopic (exact) mass is 313 g/mol. The minimum atomic E-state index is -0.0988. The van der Waals surface area contributed by atoms with Gasteiger partial charge in [-0.1, -0.05) is 19.1 Å². The number of rotatable bonds is 3. The Labute approximate surface area is 137 Å². The van der Waals surface area contributed by atoms with Crippen LogP contribution in [0.15, 0.2) is 33.9 Å². The molecule has 0 saturated heterocycles. The van der Waals surface area contributed by atoms with Gasteiger partial charge in [0.1, 0.15) is 5.82 Å². The van der Waals surface area contributed by atoms with E-state index < -0.39 is 0 Å². The number of aryl methyl sites for hydroxylation is 2. The van der Waals surface area contributed by atoms with Crippen molar-refractivity contribution in [2.24, 2.45) is 15.7 Å². The molecule has 1 unspecified atom stereocenters. The quantitative estimate of drug-likeness (QED) is 0.883. The zero-order valence-electron chi connectivity index (χ0n) is 13.9. The highest BCUT2D eigenvalue weighted by atomic mass is 19.1. The Hall–Kier alpha value is -1.97. The summed E-state index contributed by atoms with van der Waals surface area (Å²) >= 11 is 0. The number of allylic oxidation sites excluding steroid dienone is 2. The highest BCUT2D eigenvalue weighted by Crippen LogP contribution is 2.39. The number of nitrogens with zero attached hydrogens (tertiary/aromatic N) is 2. The average Bonchev–Trinajstić information content (AvgIpc) is 2.86. The predicted molar refractivity (Wildman–Crippen MR) is 93.5 cm³/mol. The molecule has 1 heterocycles. The molecule has 2 aliphatic rings. The predicted octanol–water partition coefficient (Wildman–Crippen LogP) is 4.40. The molecule has 122 valence electrons. The van der Waals surface area contributed by atoms with Gasteiger partial charge in [0.15, 0.2) is 0 Å². The van der Waals surface area contributed by atoms with Crippen molar-refractivity contribution in [2.75, 3.05) is 0 Å². The van der Waals surface area contributed by atoms with Crippen molar-refractivity contribution < 1.29 is 4.39 Å². The molecule has 1 aromatic rings. The Kier molecular flexibility index (Phi) is 4.60. The molecule has 0 aromatic heterocycles. The lowest BCUT2D eigenvalue weighted by atomic mass is 9.94. The summed E-state index contributed by atoms with van der Waals surface area (Å²) in [6.07, 6.45) is 7.86. The van der Waals surface area contributed by atoms with E-state index in [-0.39, 0.29) is 5.82 Å².